The first-order valence-electron chi connectivity index (χ1n) is 5.69. The molecule has 0 spiro atoms. The molecule has 0 radical (unpaired) electrons. The molecule has 0 atom stereocenters. The molecule has 1 aromatic rings. The molecule has 0 saturated carbocycles. The minimum Gasteiger partial charge on any atom is -0.382 e. The summed E-state index contributed by atoms with van der Waals surface area (Å²) in [6, 6.07) is 4.05. The average Bonchev–Trinajstić information content (AvgIpc) is 2.29. The van der Waals surface area contributed by atoms with Gasteiger partial charge in [-0.15, -0.1) is 0 Å². The highest BCUT2D eigenvalue weighted by molar-refractivity contribution is 7.99. The van der Waals surface area contributed by atoms with Gasteiger partial charge in [0.2, 0.25) is 0 Å². The van der Waals surface area contributed by atoms with Crippen molar-refractivity contribution in [3.05, 3.63) is 18.3 Å². The lowest BCUT2D eigenvalue weighted by molar-refractivity contribution is 0.980. The van der Waals surface area contributed by atoms with Crippen LogP contribution < -0.4 is 10.2 Å². The van der Waals surface area contributed by atoms with Crippen molar-refractivity contribution in [2.45, 2.75) is 13.3 Å². The van der Waals surface area contributed by atoms with Crippen molar-refractivity contribution < 1.29 is 0 Å². The number of nitrogens with one attached hydrogen (secondary N) is 1. The van der Waals surface area contributed by atoms with Crippen molar-refractivity contribution in [3.8, 4) is 0 Å². The third-order valence-corrected chi connectivity index (χ3v) is 3.18. The smallest absolute Gasteiger partial charge is 0.151 e. The molecule has 0 aliphatic rings. The maximum atomic E-state index is 4.35. The zero-order valence-corrected chi connectivity index (χ0v) is 11.2. The van der Waals surface area contributed by atoms with Crippen LogP contribution in [0.1, 0.15) is 13.3 Å². The van der Waals surface area contributed by atoms with Crippen LogP contribution in [-0.4, -0.2) is 37.1 Å². The lowest BCUT2D eigenvalue weighted by Crippen LogP contribution is -2.14. The van der Waals surface area contributed by atoms with Gasteiger partial charge in [0.05, 0.1) is 5.69 Å². The predicted molar refractivity (Wildman–Crippen MR) is 74.7 cm³/mol. The number of thioether (sulfide) groups is 1. The first kappa shape index (κ1) is 13.2. The first-order chi connectivity index (χ1) is 7.75. The summed E-state index contributed by atoms with van der Waals surface area (Å²) < 4.78 is 0. The van der Waals surface area contributed by atoms with E-state index in [2.05, 4.69) is 23.3 Å². The van der Waals surface area contributed by atoms with Gasteiger partial charge in [0, 0.05) is 26.8 Å². The Morgan fingerprint density at radius 3 is 2.94 bits per heavy atom. The number of hydrogen-bond donors (Lipinski definition) is 1. The SMILES string of the molecule is CCSCCCNc1cccnc1N(C)C. The Bertz CT molecular complexity index is 302. The van der Waals surface area contributed by atoms with E-state index in [9.17, 15) is 0 Å². The second kappa shape index (κ2) is 7.39. The molecule has 1 heterocycles. The van der Waals surface area contributed by atoms with E-state index in [1.807, 2.05) is 43.0 Å². The van der Waals surface area contributed by atoms with Crippen molar-refractivity contribution >= 4 is 23.3 Å². The van der Waals surface area contributed by atoms with E-state index >= 15 is 0 Å². The summed E-state index contributed by atoms with van der Waals surface area (Å²) in [5, 5.41) is 3.44. The van der Waals surface area contributed by atoms with Gasteiger partial charge in [-0.3, -0.25) is 0 Å². The van der Waals surface area contributed by atoms with E-state index in [1.165, 1.54) is 17.9 Å². The fourth-order valence-electron chi connectivity index (χ4n) is 1.43. The normalized spacial score (nSPS) is 10.2. The van der Waals surface area contributed by atoms with Crippen LogP contribution in [0.15, 0.2) is 18.3 Å². The largest absolute Gasteiger partial charge is 0.382 e. The van der Waals surface area contributed by atoms with Crippen LogP contribution >= 0.6 is 11.8 Å². The van der Waals surface area contributed by atoms with Crippen molar-refractivity contribution in [1.29, 1.82) is 0 Å². The number of anilines is 2. The van der Waals surface area contributed by atoms with Crippen molar-refractivity contribution in [1.82, 2.24) is 4.98 Å². The van der Waals surface area contributed by atoms with E-state index < -0.39 is 0 Å². The second-order valence-corrected chi connectivity index (χ2v) is 5.14. The minimum absolute atomic E-state index is 1.01. The van der Waals surface area contributed by atoms with E-state index in [0.29, 0.717) is 0 Å². The van der Waals surface area contributed by atoms with E-state index in [4.69, 9.17) is 0 Å². The standard InChI is InChI=1S/C12H21N3S/c1-4-16-10-6-9-13-11-7-5-8-14-12(11)15(2)3/h5,7-8,13H,4,6,9-10H2,1-3H3. The number of rotatable bonds is 7. The van der Waals surface area contributed by atoms with Gasteiger partial charge in [-0.1, -0.05) is 6.92 Å². The molecule has 0 fully saturated rings. The molecular weight excluding hydrogens is 218 g/mol. The lowest BCUT2D eigenvalue weighted by atomic mass is 10.3. The van der Waals surface area contributed by atoms with Crippen molar-refractivity contribution in [2.75, 3.05) is 42.4 Å². The summed E-state index contributed by atoms with van der Waals surface area (Å²) in [5.41, 5.74) is 1.12. The predicted octanol–water partition coefficient (Wildman–Crippen LogP) is 2.70. The van der Waals surface area contributed by atoms with Gasteiger partial charge in [0.25, 0.3) is 0 Å². The Morgan fingerprint density at radius 1 is 1.44 bits per heavy atom. The third-order valence-electron chi connectivity index (χ3n) is 2.20. The molecule has 16 heavy (non-hydrogen) atoms. The number of pyridine rings is 1. The zero-order valence-electron chi connectivity index (χ0n) is 10.4. The van der Waals surface area contributed by atoms with Crippen LogP contribution in [-0.2, 0) is 0 Å². The Balaban J connectivity index is 2.41. The van der Waals surface area contributed by atoms with Gasteiger partial charge >= 0.3 is 0 Å². The summed E-state index contributed by atoms with van der Waals surface area (Å²) >= 11 is 1.99. The van der Waals surface area contributed by atoms with E-state index in [-0.39, 0.29) is 0 Å². The van der Waals surface area contributed by atoms with Crippen LogP contribution in [0.4, 0.5) is 11.5 Å². The van der Waals surface area contributed by atoms with Crippen LogP contribution in [0, 0.1) is 0 Å². The minimum atomic E-state index is 1.01. The van der Waals surface area contributed by atoms with Gasteiger partial charge in [-0.05, 0) is 30.1 Å². The molecule has 1 rings (SSSR count). The van der Waals surface area contributed by atoms with Crippen LogP contribution in [0.5, 0.6) is 0 Å². The summed E-state index contributed by atoms with van der Waals surface area (Å²) in [7, 11) is 4.03. The third kappa shape index (κ3) is 4.31. The first-order valence-corrected chi connectivity index (χ1v) is 6.85. The number of hydrogen-bond acceptors (Lipinski definition) is 4. The Kier molecular flexibility index (Phi) is 6.08. The second-order valence-electron chi connectivity index (χ2n) is 3.75. The van der Waals surface area contributed by atoms with Gasteiger partial charge in [-0.25, -0.2) is 4.98 Å². The van der Waals surface area contributed by atoms with Crippen LogP contribution in [0.3, 0.4) is 0 Å². The van der Waals surface area contributed by atoms with Crippen LogP contribution in [0.25, 0.3) is 0 Å². The molecule has 1 N–H and O–H groups in total. The molecule has 4 heteroatoms. The quantitative estimate of drug-likeness (QED) is 0.741. The fraction of sp³-hybridized carbons (Fsp3) is 0.583. The summed E-state index contributed by atoms with van der Waals surface area (Å²) in [5.74, 6) is 3.43. The molecule has 0 aromatic carbocycles. The zero-order chi connectivity index (χ0) is 11.8. The molecule has 0 saturated heterocycles. The monoisotopic (exact) mass is 239 g/mol. The molecule has 1 aromatic heterocycles. The Labute approximate surface area is 103 Å². The molecule has 0 amide bonds. The van der Waals surface area contributed by atoms with Gasteiger partial charge < -0.3 is 10.2 Å². The molecule has 0 aliphatic carbocycles. The van der Waals surface area contributed by atoms with Gasteiger partial charge in [0.1, 0.15) is 0 Å². The highest BCUT2D eigenvalue weighted by Gasteiger charge is 2.03. The molecular formula is C12H21N3S. The topological polar surface area (TPSA) is 28.2 Å². The number of aromatic nitrogens is 1. The maximum absolute atomic E-state index is 4.35. The van der Waals surface area contributed by atoms with Crippen molar-refractivity contribution in [3.63, 3.8) is 0 Å². The van der Waals surface area contributed by atoms with Crippen LogP contribution in [0.2, 0.25) is 0 Å². The fourth-order valence-corrected chi connectivity index (χ4v) is 2.07. The number of nitrogens with zero attached hydrogens (tertiary/aromatic N) is 2. The molecule has 0 aliphatic heterocycles. The molecule has 3 nitrogen and oxygen atoms in total. The maximum Gasteiger partial charge on any atom is 0.151 e. The van der Waals surface area contributed by atoms with Gasteiger partial charge in [-0.2, -0.15) is 11.8 Å². The Hall–Kier alpha value is -0.900. The highest BCUT2D eigenvalue weighted by Crippen LogP contribution is 2.20. The van der Waals surface area contributed by atoms with E-state index in [0.717, 1.165) is 18.1 Å². The molecule has 0 bridgehead atoms. The van der Waals surface area contributed by atoms with Crippen molar-refractivity contribution in [2.24, 2.45) is 0 Å². The summed E-state index contributed by atoms with van der Waals surface area (Å²) in [4.78, 5) is 6.38. The highest BCUT2D eigenvalue weighted by atomic mass is 32.2. The summed E-state index contributed by atoms with van der Waals surface area (Å²) in [6.07, 6.45) is 3.02. The van der Waals surface area contributed by atoms with Gasteiger partial charge in [0.15, 0.2) is 5.82 Å². The Morgan fingerprint density at radius 2 is 2.25 bits per heavy atom. The van der Waals surface area contributed by atoms with E-state index in [1.54, 1.807) is 0 Å². The lowest BCUT2D eigenvalue weighted by Gasteiger charge is -2.16. The summed E-state index contributed by atoms with van der Waals surface area (Å²) in [6.45, 7) is 3.21. The molecule has 90 valence electrons. The molecule has 0 unspecified atom stereocenters. The average molecular weight is 239 g/mol.